The van der Waals surface area contributed by atoms with Crippen LogP contribution < -0.4 is 0 Å². The Kier molecular flexibility index (Phi) is 1.72. The zero-order valence-corrected chi connectivity index (χ0v) is 8.22. The Hall–Kier alpha value is -1.88. The Morgan fingerprint density at radius 2 is 2.20 bits per heavy atom. The zero-order chi connectivity index (χ0) is 10.3. The maximum absolute atomic E-state index is 5.69. The normalized spacial score (nSPS) is 11.0. The lowest BCUT2D eigenvalue weighted by molar-refractivity contribution is 0.523. The van der Waals surface area contributed by atoms with Gasteiger partial charge in [-0.2, -0.15) is 4.68 Å². The third-order valence-electron chi connectivity index (χ3n) is 2.02. The Labute approximate surface area is 89.3 Å². The van der Waals surface area contributed by atoms with Crippen molar-refractivity contribution in [3.8, 4) is 5.88 Å². The van der Waals surface area contributed by atoms with Gasteiger partial charge in [-0.05, 0) is 23.7 Å². The van der Waals surface area contributed by atoms with Gasteiger partial charge in [-0.25, -0.2) is 0 Å². The topological polar surface area (TPSA) is 56.7 Å². The van der Waals surface area contributed by atoms with Crippen LogP contribution in [0.3, 0.4) is 0 Å². The number of hydrogen-bond acceptors (Lipinski definition) is 4. The van der Waals surface area contributed by atoms with Crippen LogP contribution >= 0.6 is 11.6 Å². The summed E-state index contributed by atoms with van der Waals surface area (Å²) in [5.74, 6) is 0.536. The van der Waals surface area contributed by atoms with Crippen molar-refractivity contribution in [2.75, 3.05) is 0 Å². The van der Waals surface area contributed by atoms with Crippen molar-refractivity contribution in [1.82, 2.24) is 20.0 Å². The molecule has 0 spiro atoms. The van der Waals surface area contributed by atoms with Crippen molar-refractivity contribution >= 4 is 22.6 Å². The third-order valence-corrected chi connectivity index (χ3v) is 2.22. The third kappa shape index (κ3) is 1.28. The van der Waals surface area contributed by atoms with Gasteiger partial charge in [0.05, 0.1) is 6.20 Å². The first-order valence-corrected chi connectivity index (χ1v) is 4.63. The van der Waals surface area contributed by atoms with Crippen molar-refractivity contribution in [2.45, 2.75) is 0 Å². The average Bonchev–Trinajstić information content (AvgIpc) is 2.83. The molecule has 0 aliphatic heterocycles. The molecule has 15 heavy (non-hydrogen) atoms. The van der Waals surface area contributed by atoms with Crippen LogP contribution in [0.25, 0.3) is 16.9 Å². The fourth-order valence-electron chi connectivity index (χ4n) is 1.36. The Morgan fingerprint density at radius 1 is 1.27 bits per heavy atom. The quantitative estimate of drug-likeness (QED) is 0.630. The number of aromatic nitrogens is 4. The van der Waals surface area contributed by atoms with Gasteiger partial charge in [0.25, 0.3) is 0 Å². The van der Waals surface area contributed by atoms with Gasteiger partial charge in [-0.15, -0.1) is 5.10 Å². The predicted molar refractivity (Wildman–Crippen MR) is 53.9 cm³/mol. The molecule has 3 aromatic rings. The Bertz CT molecular complexity index is 615. The van der Waals surface area contributed by atoms with E-state index < -0.39 is 0 Å². The van der Waals surface area contributed by atoms with Gasteiger partial charge in [0, 0.05) is 12.3 Å². The van der Waals surface area contributed by atoms with Gasteiger partial charge < -0.3 is 4.42 Å². The molecule has 0 bridgehead atoms. The van der Waals surface area contributed by atoms with Gasteiger partial charge >= 0.3 is 0 Å². The highest BCUT2D eigenvalue weighted by Crippen LogP contribution is 2.19. The molecule has 0 fully saturated rings. The Morgan fingerprint density at radius 3 is 3.00 bits per heavy atom. The summed E-state index contributed by atoms with van der Waals surface area (Å²) in [4.78, 5) is 3.95. The summed E-state index contributed by atoms with van der Waals surface area (Å²) in [6, 6.07) is 5.20. The van der Waals surface area contributed by atoms with E-state index in [1.165, 1.54) is 0 Å². The first kappa shape index (κ1) is 8.43. The van der Waals surface area contributed by atoms with E-state index in [4.69, 9.17) is 16.0 Å². The molecule has 6 heteroatoms. The number of rotatable bonds is 1. The largest absolute Gasteiger partial charge is 0.427 e. The van der Waals surface area contributed by atoms with E-state index in [0.29, 0.717) is 16.6 Å². The lowest BCUT2D eigenvalue weighted by Crippen LogP contribution is -1.93. The molecule has 0 atom stereocenters. The maximum atomic E-state index is 5.69. The van der Waals surface area contributed by atoms with Gasteiger partial charge in [0.2, 0.25) is 5.88 Å². The standard InChI is InChI=1S/C9H5ClN4O/c10-8-1-2-9(15-8)14-7-3-4-11-5-6(7)12-13-14/h1-5H. The molecule has 0 amide bonds. The Balaban J connectivity index is 2.27. The van der Waals surface area contributed by atoms with Crippen LogP contribution in [0.1, 0.15) is 0 Å². The molecule has 5 nitrogen and oxygen atoms in total. The number of furan rings is 1. The lowest BCUT2D eigenvalue weighted by Gasteiger charge is -1.94. The number of pyridine rings is 1. The number of hydrogen-bond donors (Lipinski definition) is 0. The minimum absolute atomic E-state index is 0.322. The second kappa shape index (κ2) is 3.06. The summed E-state index contributed by atoms with van der Waals surface area (Å²) in [6.07, 6.45) is 3.32. The van der Waals surface area contributed by atoms with Crippen molar-refractivity contribution < 1.29 is 4.42 Å². The van der Waals surface area contributed by atoms with Gasteiger partial charge in [-0.1, -0.05) is 5.21 Å². The van der Waals surface area contributed by atoms with E-state index in [0.717, 1.165) is 5.52 Å². The number of fused-ring (bicyclic) bond motifs is 1. The van der Waals surface area contributed by atoms with Crippen LogP contribution in [0.4, 0.5) is 0 Å². The van der Waals surface area contributed by atoms with Crippen molar-refractivity contribution in [1.29, 1.82) is 0 Å². The maximum Gasteiger partial charge on any atom is 0.223 e. The van der Waals surface area contributed by atoms with Crippen LogP contribution in [0, 0.1) is 0 Å². The van der Waals surface area contributed by atoms with E-state index >= 15 is 0 Å². The molecule has 0 aliphatic carbocycles. The molecule has 3 rings (SSSR count). The molecule has 0 radical (unpaired) electrons. The van der Waals surface area contributed by atoms with E-state index in [-0.39, 0.29) is 0 Å². The molecule has 0 saturated heterocycles. The second-order valence-electron chi connectivity index (χ2n) is 2.94. The molecule has 0 aromatic carbocycles. The molecule has 3 aromatic heterocycles. The van der Waals surface area contributed by atoms with Gasteiger partial charge in [-0.3, -0.25) is 4.98 Å². The van der Waals surface area contributed by atoms with Crippen LogP contribution in [0.2, 0.25) is 5.22 Å². The summed E-state index contributed by atoms with van der Waals surface area (Å²) < 4.78 is 6.81. The van der Waals surface area contributed by atoms with E-state index in [2.05, 4.69) is 15.3 Å². The highest BCUT2D eigenvalue weighted by molar-refractivity contribution is 6.28. The highest BCUT2D eigenvalue weighted by Gasteiger charge is 2.08. The van der Waals surface area contributed by atoms with Gasteiger partial charge in [0.1, 0.15) is 11.0 Å². The predicted octanol–water partition coefficient (Wildman–Crippen LogP) is 2.06. The molecule has 0 saturated carbocycles. The summed E-state index contributed by atoms with van der Waals surface area (Å²) >= 11 is 5.69. The second-order valence-corrected chi connectivity index (χ2v) is 3.32. The molecule has 74 valence electrons. The zero-order valence-electron chi connectivity index (χ0n) is 7.46. The fourth-order valence-corrected chi connectivity index (χ4v) is 1.50. The van der Waals surface area contributed by atoms with E-state index in [1.54, 1.807) is 29.2 Å². The van der Waals surface area contributed by atoms with Crippen molar-refractivity contribution in [2.24, 2.45) is 0 Å². The van der Waals surface area contributed by atoms with Gasteiger partial charge in [0.15, 0.2) is 5.22 Å². The molecule has 0 N–H and O–H groups in total. The summed E-state index contributed by atoms with van der Waals surface area (Å²) in [7, 11) is 0. The van der Waals surface area contributed by atoms with E-state index in [9.17, 15) is 0 Å². The fraction of sp³-hybridized carbons (Fsp3) is 0. The van der Waals surface area contributed by atoms with Crippen LogP contribution in [0.15, 0.2) is 35.0 Å². The molecule has 0 aliphatic rings. The lowest BCUT2D eigenvalue weighted by atomic mass is 10.4. The molecule has 3 heterocycles. The summed E-state index contributed by atoms with van der Waals surface area (Å²) in [6.45, 7) is 0. The smallest absolute Gasteiger partial charge is 0.223 e. The molecular formula is C9H5ClN4O. The molecule has 0 unspecified atom stereocenters. The monoisotopic (exact) mass is 220 g/mol. The summed E-state index contributed by atoms with van der Waals surface area (Å²) in [5, 5.41) is 8.23. The highest BCUT2D eigenvalue weighted by atomic mass is 35.5. The SMILES string of the molecule is Clc1ccc(-n2nnc3cnccc32)o1. The number of halogens is 1. The minimum Gasteiger partial charge on any atom is -0.427 e. The number of nitrogens with zero attached hydrogens (tertiary/aromatic N) is 4. The summed E-state index contributed by atoms with van der Waals surface area (Å²) in [5.41, 5.74) is 1.54. The first-order valence-electron chi connectivity index (χ1n) is 4.26. The van der Waals surface area contributed by atoms with Crippen LogP contribution in [-0.4, -0.2) is 20.0 Å². The molecular weight excluding hydrogens is 216 g/mol. The van der Waals surface area contributed by atoms with Crippen molar-refractivity contribution in [3.05, 3.63) is 35.8 Å². The van der Waals surface area contributed by atoms with Crippen LogP contribution in [0.5, 0.6) is 0 Å². The van der Waals surface area contributed by atoms with E-state index in [1.807, 2.05) is 6.07 Å². The average molecular weight is 221 g/mol. The minimum atomic E-state index is 0.322. The van der Waals surface area contributed by atoms with Crippen LogP contribution in [-0.2, 0) is 0 Å². The van der Waals surface area contributed by atoms with Crippen molar-refractivity contribution in [3.63, 3.8) is 0 Å². The first-order chi connectivity index (χ1) is 7.34.